The Bertz CT molecular complexity index is 873. The summed E-state index contributed by atoms with van der Waals surface area (Å²) in [6, 6.07) is 14.9. The molecule has 0 fully saturated rings. The van der Waals surface area contributed by atoms with Crippen molar-refractivity contribution >= 4 is 23.2 Å². The topological polar surface area (TPSA) is 42.2 Å². The quantitative estimate of drug-likeness (QED) is 0.708. The second-order valence-corrected chi connectivity index (χ2v) is 5.47. The van der Waals surface area contributed by atoms with Gasteiger partial charge in [0.2, 0.25) is 0 Å². The van der Waals surface area contributed by atoms with Gasteiger partial charge >= 0.3 is 0 Å². The van der Waals surface area contributed by atoms with Gasteiger partial charge in [-0.25, -0.2) is 4.39 Å². The molecule has 1 heterocycles. The van der Waals surface area contributed by atoms with Gasteiger partial charge in [0.15, 0.2) is 5.76 Å². The van der Waals surface area contributed by atoms with Crippen LogP contribution in [0, 0.1) is 12.7 Å². The molecular formula is C18H13ClFNO2. The molecule has 23 heavy (non-hydrogen) atoms. The van der Waals surface area contributed by atoms with Gasteiger partial charge in [-0.3, -0.25) is 4.79 Å². The molecule has 2 aromatic carbocycles. The molecule has 1 aromatic heterocycles. The van der Waals surface area contributed by atoms with Crippen LogP contribution in [0.15, 0.2) is 59.0 Å². The number of rotatable bonds is 3. The lowest BCUT2D eigenvalue weighted by atomic mass is 10.2. The summed E-state index contributed by atoms with van der Waals surface area (Å²) < 4.78 is 18.7. The molecule has 0 spiro atoms. The number of carbonyl (C=O) groups is 1. The fourth-order valence-electron chi connectivity index (χ4n) is 2.16. The van der Waals surface area contributed by atoms with Crippen LogP contribution in [0.3, 0.4) is 0 Å². The van der Waals surface area contributed by atoms with Crippen LogP contribution >= 0.6 is 11.6 Å². The zero-order valence-electron chi connectivity index (χ0n) is 12.3. The molecule has 0 atom stereocenters. The maximum atomic E-state index is 13.2. The third kappa shape index (κ3) is 3.27. The highest BCUT2D eigenvalue weighted by molar-refractivity contribution is 6.31. The average Bonchev–Trinajstić information content (AvgIpc) is 3.02. The first-order valence-corrected chi connectivity index (χ1v) is 7.34. The lowest BCUT2D eigenvalue weighted by Crippen LogP contribution is -2.11. The molecule has 0 saturated heterocycles. The number of benzene rings is 2. The van der Waals surface area contributed by atoms with Crippen molar-refractivity contribution in [2.75, 3.05) is 5.32 Å². The van der Waals surface area contributed by atoms with E-state index in [0.717, 1.165) is 11.3 Å². The molecule has 3 nitrogen and oxygen atoms in total. The molecule has 116 valence electrons. The average molecular weight is 330 g/mol. The van der Waals surface area contributed by atoms with Crippen molar-refractivity contribution in [1.29, 1.82) is 0 Å². The highest BCUT2D eigenvalue weighted by Crippen LogP contribution is 2.27. The molecule has 0 bridgehead atoms. The fourth-order valence-corrected chi connectivity index (χ4v) is 2.34. The molecule has 1 amide bonds. The Balaban J connectivity index is 1.82. The summed E-state index contributed by atoms with van der Waals surface area (Å²) in [7, 11) is 0. The first-order valence-electron chi connectivity index (χ1n) is 6.97. The number of furan rings is 1. The van der Waals surface area contributed by atoms with Crippen molar-refractivity contribution in [3.63, 3.8) is 0 Å². The molecule has 5 heteroatoms. The van der Waals surface area contributed by atoms with Crippen LogP contribution in [0.1, 0.15) is 16.1 Å². The Hall–Kier alpha value is -2.59. The number of hydrogen-bond donors (Lipinski definition) is 1. The Labute approximate surface area is 137 Å². The van der Waals surface area contributed by atoms with Crippen LogP contribution in [0.25, 0.3) is 11.3 Å². The van der Waals surface area contributed by atoms with Crippen LogP contribution in [-0.2, 0) is 0 Å². The van der Waals surface area contributed by atoms with Crippen molar-refractivity contribution in [2.24, 2.45) is 0 Å². The summed E-state index contributed by atoms with van der Waals surface area (Å²) in [4.78, 5) is 12.2. The minimum absolute atomic E-state index is 0.00446. The lowest BCUT2D eigenvalue weighted by Gasteiger charge is -2.06. The monoisotopic (exact) mass is 329 g/mol. The van der Waals surface area contributed by atoms with Crippen molar-refractivity contribution in [1.82, 2.24) is 0 Å². The third-order valence-electron chi connectivity index (χ3n) is 3.43. The second kappa shape index (κ2) is 6.26. The number of anilines is 1. The third-order valence-corrected chi connectivity index (χ3v) is 3.72. The van der Waals surface area contributed by atoms with Crippen molar-refractivity contribution in [2.45, 2.75) is 6.92 Å². The predicted molar refractivity (Wildman–Crippen MR) is 88.2 cm³/mol. The van der Waals surface area contributed by atoms with Gasteiger partial charge < -0.3 is 9.73 Å². The van der Waals surface area contributed by atoms with Crippen molar-refractivity contribution in [3.8, 4) is 11.3 Å². The predicted octanol–water partition coefficient (Wildman–Crippen LogP) is 5.30. The molecule has 0 aliphatic rings. The van der Waals surface area contributed by atoms with Crippen LogP contribution in [0.4, 0.5) is 10.1 Å². The maximum absolute atomic E-state index is 13.2. The molecule has 0 aliphatic carbocycles. The van der Waals surface area contributed by atoms with Gasteiger partial charge in [-0.2, -0.15) is 0 Å². The number of nitrogens with one attached hydrogen (secondary N) is 1. The summed E-state index contributed by atoms with van der Waals surface area (Å²) in [5, 5.41) is 2.80. The number of amides is 1. The van der Waals surface area contributed by atoms with E-state index < -0.39 is 5.82 Å². The van der Waals surface area contributed by atoms with Gasteiger partial charge in [-0.1, -0.05) is 29.8 Å². The van der Waals surface area contributed by atoms with Crippen LogP contribution < -0.4 is 5.32 Å². The zero-order valence-corrected chi connectivity index (χ0v) is 13.0. The van der Waals surface area contributed by atoms with E-state index >= 15 is 0 Å². The number of halogens is 2. The summed E-state index contributed by atoms with van der Waals surface area (Å²) in [6.07, 6.45) is 0. The molecule has 0 radical (unpaired) electrons. The first kappa shape index (κ1) is 15.3. The van der Waals surface area contributed by atoms with E-state index in [1.165, 1.54) is 12.1 Å². The van der Waals surface area contributed by atoms with Gasteiger partial charge in [0.1, 0.15) is 11.6 Å². The molecular weight excluding hydrogens is 317 g/mol. The van der Waals surface area contributed by atoms with E-state index in [-0.39, 0.29) is 16.7 Å². The molecule has 0 aliphatic heterocycles. The maximum Gasteiger partial charge on any atom is 0.291 e. The zero-order chi connectivity index (χ0) is 16.4. The summed E-state index contributed by atoms with van der Waals surface area (Å²) in [6.45, 7) is 1.91. The Kier molecular flexibility index (Phi) is 4.17. The molecule has 3 aromatic rings. The van der Waals surface area contributed by atoms with E-state index in [1.54, 1.807) is 18.2 Å². The molecule has 0 unspecified atom stereocenters. The normalized spacial score (nSPS) is 10.6. The van der Waals surface area contributed by atoms with Gasteiger partial charge in [0.05, 0.1) is 5.02 Å². The summed E-state index contributed by atoms with van der Waals surface area (Å²) in [5.41, 5.74) is 2.28. The van der Waals surface area contributed by atoms with E-state index in [0.29, 0.717) is 11.3 Å². The van der Waals surface area contributed by atoms with Gasteiger partial charge in [-0.15, -0.1) is 0 Å². The highest BCUT2D eigenvalue weighted by Gasteiger charge is 2.14. The molecule has 1 N–H and O–H groups in total. The van der Waals surface area contributed by atoms with Crippen LogP contribution in [-0.4, -0.2) is 5.91 Å². The van der Waals surface area contributed by atoms with Gasteiger partial charge in [0.25, 0.3) is 5.91 Å². The smallest absolute Gasteiger partial charge is 0.291 e. The van der Waals surface area contributed by atoms with Gasteiger partial charge in [0, 0.05) is 11.3 Å². The molecule has 0 saturated carbocycles. The minimum atomic E-state index is -0.500. The number of aryl methyl sites for hydroxylation is 1. The van der Waals surface area contributed by atoms with Crippen molar-refractivity contribution in [3.05, 3.63) is 76.8 Å². The summed E-state index contributed by atoms with van der Waals surface area (Å²) >= 11 is 5.76. The van der Waals surface area contributed by atoms with E-state index in [1.807, 2.05) is 31.2 Å². The second-order valence-electron chi connectivity index (χ2n) is 5.06. The van der Waals surface area contributed by atoms with Crippen LogP contribution in [0.2, 0.25) is 5.02 Å². The number of hydrogen-bond acceptors (Lipinski definition) is 2. The van der Waals surface area contributed by atoms with Gasteiger partial charge in [-0.05, 0) is 48.9 Å². The Morgan fingerprint density at radius 2 is 1.91 bits per heavy atom. The lowest BCUT2D eigenvalue weighted by molar-refractivity contribution is 0.0997. The van der Waals surface area contributed by atoms with Crippen molar-refractivity contribution < 1.29 is 13.6 Å². The van der Waals surface area contributed by atoms with E-state index in [9.17, 15) is 9.18 Å². The van der Waals surface area contributed by atoms with E-state index in [4.69, 9.17) is 16.0 Å². The number of carbonyl (C=O) groups excluding carboxylic acids is 1. The minimum Gasteiger partial charge on any atom is -0.451 e. The standard InChI is InChI=1S/C18H13ClFNO2/c1-11-4-2-3-5-15(11)21-18(22)17-9-8-16(23-17)12-6-7-14(20)13(19)10-12/h2-10H,1H3,(H,21,22). The Morgan fingerprint density at radius 3 is 2.65 bits per heavy atom. The number of para-hydroxylation sites is 1. The highest BCUT2D eigenvalue weighted by atomic mass is 35.5. The van der Waals surface area contributed by atoms with E-state index in [2.05, 4.69) is 5.32 Å². The fraction of sp³-hybridized carbons (Fsp3) is 0.0556. The van der Waals surface area contributed by atoms with Crippen LogP contribution in [0.5, 0.6) is 0 Å². The first-order chi connectivity index (χ1) is 11.0. The SMILES string of the molecule is Cc1ccccc1NC(=O)c1ccc(-c2ccc(F)c(Cl)c2)o1. The molecule has 3 rings (SSSR count). The Morgan fingerprint density at radius 1 is 1.13 bits per heavy atom. The largest absolute Gasteiger partial charge is 0.451 e. The summed E-state index contributed by atoms with van der Waals surface area (Å²) in [5.74, 6) is -0.233.